The van der Waals surface area contributed by atoms with Gasteiger partial charge < -0.3 is 0 Å². The van der Waals surface area contributed by atoms with E-state index in [1.807, 2.05) is 32.2 Å². The second kappa shape index (κ2) is 3.11. The molecule has 0 N–H and O–H groups in total. The van der Waals surface area contributed by atoms with Crippen LogP contribution in [0.4, 0.5) is 4.39 Å². The summed E-state index contributed by atoms with van der Waals surface area (Å²) in [6.07, 6.45) is -0.304. The van der Waals surface area contributed by atoms with Crippen LogP contribution in [0.3, 0.4) is 0 Å². The van der Waals surface area contributed by atoms with E-state index >= 15 is 0 Å². The molecule has 2 unspecified atom stereocenters. The lowest BCUT2D eigenvalue weighted by Gasteiger charge is -2.34. The molecule has 0 saturated carbocycles. The van der Waals surface area contributed by atoms with Gasteiger partial charge in [-0.25, -0.2) is 4.39 Å². The van der Waals surface area contributed by atoms with Crippen LogP contribution in [0.5, 0.6) is 0 Å². The van der Waals surface area contributed by atoms with Gasteiger partial charge in [0.05, 0.1) is 0 Å². The van der Waals surface area contributed by atoms with Crippen molar-refractivity contribution in [2.75, 3.05) is 7.05 Å². The average Bonchev–Trinajstić information content (AvgIpc) is 2.15. The fraction of sp³-hybridized carbons (Fsp3) is 0.455. The molecular weight excluding hydrogens is 165 g/mol. The fourth-order valence-corrected chi connectivity index (χ4v) is 1.92. The molecule has 1 aromatic carbocycles. The Hall–Kier alpha value is -0.890. The molecule has 0 spiro atoms. The van der Waals surface area contributed by atoms with Gasteiger partial charge in [0.25, 0.3) is 0 Å². The highest BCUT2D eigenvalue weighted by molar-refractivity contribution is 5.32. The van der Waals surface area contributed by atoms with Gasteiger partial charge in [-0.15, -0.1) is 0 Å². The summed E-state index contributed by atoms with van der Waals surface area (Å²) in [5.41, 5.74) is 2.42. The summed E-state index contributed by atoms with van der Waals surface area (Å²) in [4.78, 5) is 1.78. The molecule has 0 aromatic heterocycles. The van der Waals surface area contributed by atoms with Crippen molar-refractivity contribution in [1.82, 2.24) is 4.90 Å². The van der Waals surface area contributed by atoms with E-state index in [1.165, 1.54) is 5.56 Å². The van der Waals surface area contributed by atoms with Gasteiger partial charge in [0.2, 0.25) is 0 Å². The standard InChI is InChI=1S/C11H14FN/c1-8-10-6-4-3-5-9(10)7-11(12)13(8)2/h3-6,8,11H,7H2,1-2H3. The molecule has 1 aliphatic heterocycles. The second-order valence-corrected chi connectivity index (χ2v) is 3.68. The van der Waals surface area contributed by atoms with Crippen LogP contribution >= 0.6 is 0 Å². The summed E-state index contributed by atoms with van der Waals surface area (Å²) in [7, 11) is 1.84. The van der Waals surface area contributed by atoms with Crippen LogP contribution in [0.1, 0.15) is 24.1 Å². The first-order chi connectivity index (χ1) is 6.20. The molecule has 1 heterocycles. The summed E-state index contributed by atoms with van der Waals surface area (Å²) < 4.78 is 13.4. The highest BCUT2D eigenvalue weighted by atomic mass is 19.1. The van der Waals surface area contributed by atoms with Crippen molar-refractivity contribution in [3.05, 3.63) is 35.4 Å². The van der Waals surface area contributed by atoms with E-state index in [1.54, 1.807) is 4.90 Å². The van der Waals surface area contributed by atoms with Crippen LogP contribution in [0.25, 0.3) is 0 Å². The third kappa shape index (κ3) is 1.35. The highest BCUT2D eigenvalue weighted by Crippen LogP contribution is 2.31. The van der Waals surface area contributed by atoms with Crippen molar-refractivity contribution in [3.8, 4) is 0 Å². The number of benzene rings is 1. The van der Waals surface area contributed by atoms with Crippen LogP contribution in [0, 0.1) is 0 Å². The highest BCUT2D eigenvalue weighted by Gasteiger charge is 2.27. The lowest BCUT2D eigenvalue weighted by Crippen LogP contribution is -2.36. The molecule has 70 valence electrons. The third-order valence-electron chi connectivity index (χ3n) is 2.95. The van der Waals surface area contributed by atoms with Gasteiger partial charge in [-0.3, -0.25) is 4.90 Å². The number of likely N-dealkylation sites (N-methyl/N-ethyl adjacent to an activating group) is 1. The minimum Gasteiger partial charge on any atom is -0.270 e. The van der Waals surface area contributed by atoms with Gasteiger partial charge in [0.15, 0.2) is 6.30 Å². The third-order valence-corrected chi connectivity index (χ3v) is 2.95. The first kappa shape index (κ1) is 8.70. The SMILES string of the molecule is CC1c2ccccc2CC(F)N1C. The molecule has 2 atom stereocenters. The van der Waals surface area contributed by atoms with Gasteiger partial charge in [0.1, 0.15) is 0 Å². The smallest absolute Gasteiger partial charge is 0.157 e. The maximum absolute atomic E-state index is 13.4. The number of fused-ring (bicyclic) bond motifs is 1. The van der Waals surface area contributed by atoms with Crippen molar-refractivity contribution in [2.24, 2.45) is 0 Å². The Morgan fingerprint density at radius 1 is 1.38 bits per heavy atom. The first-order valence-corrected chi connectivity index (χ1v) is 4.64. The van der Waals surface area contributed by atoms with E-state index in [9.17, 15) is 4.39 Å². The molecule has 1 aliphatic rings. The Kier molecular flexibility index (Phi) is 2.08. The summed E-state index contributed by atoms with van der Waals surface area (Å²) in [5, 5.41) is 0. The Labute approximate surface area is 78.2 Å². The minimum absolute atomic E-state index is 0.194. The zero-order valence-electron chi connectivity index (χ0n) is 8.00. The molecule has 0 aliphatic carbocycles. The zero-order valence-corrected chi connectivity index (χ0v) is 8.00. The van der Waals surface area contributed by atoms with Crippen molar-refractivity contribution in [3.63, 3.8) is 0 Å². The van der Waals surface area contributed by atoms with E-state index in [0.717, 1.165) is 5.56 Å². The number of halogens is 1. The Bertz CT molecular complexity index is 311. The molecular formula is C11H14FN. The van der Waals surface area contributed by atoms with E-state index in [4.69, 9.17) is 0 Å². The van der Waals surface area contributed by atoms with Gasteiger partial charge in [-0.05, 0) is 25.1 Å². The molecule has 0 bridgehead atoms. The molecule has 1 nitrogen and oxygen atoms in total. The lowest BCUT2D eigenvalue weighted by atomic mass is 9.93. The van der Waals surface area contributed by atoms with Crippen LogP contribution in [-0.2, 0) is 6.42 Å². The number of hydrogen-bond donors (Lipinski definition) is 0. The predicted octanol–water partition coefficient (Wildman–Crippen LogP) is 2.53. The summed E-state index contributed by atoms with van der Waals surface area (Å²) >= 11 is 0. The number of alkyl halides is 1. The summed E-state index contributed by atoms with van der Waals surface area (Å²) in [6.45, 7) is 2.05. The van der Waals surface area contributed by atoms with E-state index in [2.05, 4.69) is 6.07 Å². The monoisotopic (exact) mass is 179 g/mol. The molecule has 0 fully saturated rings. The topological polar surface area (TPSA) is 3.24 Å². The number of rotatable bonds is 0. The van der Waals surface area contributed by atoms with Crippen LogP contribution in [-0.4, -0.2) is 18.2 Å². The molecule has 1 aromatic rings. The Balaban J connectivity index is 2.43. The summed E-state index contributed by atoms with van der Waals surface area (Å²) in [5.74, 6) is 0. The first-order valence-electron chi connectivity index (χ1n) is 4.64. The van der Waals surface area contributed by atoms with Crippen molar-refractivity contribution < 1.29 is 4.39 Å². The lowest BCUT2D eigenvalue weighted by molar-refractivity contribution is 0.0617. The maximum atomic E-state index is 13.4. The van der Waals surface area contributed by atoms with Crippen LogP contribution in [0.15, 0.2) is 24.3 Å². The second-order valence-electron chi connectivity index (χ2n) is 3.68. The van der Waals surface area contributed by atoms with Gasteiger partial charge in [-0.2, -0.15) is 0 Å². The van der Waals surface area contributed by atoms with Crippen molar-refractivity contribution in [1.29, 1.82) is 0 Å². The van der Waals surface area contributed by atoms with Gasteiger partial charge >= 0.3 is 0 Å². The molecule has 0 radical (unpaired) electrons. The van der Waals surface area contributed by atoms with E-state index < -0.39 is 6.30 Å². The fourth-order valence-electron chi connectivity index (χ4n) is 1.92. The maximum Gasteiger partial charge on any atom is 0.157 e. The van der Waals surface area contributed by atoms with E-state index in [-0.39, 0.29) is 6.04 Å². The zero-order chi connectivity index (χ0) is 9.42. The molecule has 2 heteroatoms. The van der Waals surface area contributed by atoms with Crippen LogP contribution < -0.4 is 0 Å². The molecule has 0 amide bonds. The summed E-state index contributed by atoms with van der Waals surface area (Å²) in [6, 6.07) is 8.29. The number of nitrogens with zero attached hydrogens (tertiary/aromatic N) is 1. The molecule has 0 saturated heterocycles. The molecule has 2 rings (SSSR count). The predicted molar refractivity (Wildman–Crippen MR) is 51.2 cm³/mol. The average molecular weight is 179 g/mol. The Morgan fingerprint density at radius 3 is 2.85 bits per heavy atom. The normalized spacial score (nSPS) is 28.5. The Morgan fingerprint density at radius 2 is 2.08 bits per heavy atom. The van der Waals surface area contributed by atoms with Gasteiger partial charge in [0, 0.05) is 12.5 Å². The van der Waals surface area contributed by atoms with Gasteiger partial charge in [-0.1, -0.05) is 24.3 Å². The molecule has 13 heavy (non-hydrogen) atoms. The van der Waals surface area contributed by atoms with Crippen LogP contribution in [0.2, 0.25) is 0 Å². The van der Waals surface area contributed by atoms with Crippen molar-refractivity contribution >= 4 is 0 Å². The van der Waals surface area contributed by atoms with Crippen molar-refractivity contribution in [2.45, 2.75) is 25.7 Å². The van der Waals surface area contributed by atoms with E-state index in [0.29, 0.717) is 6.42 Å². The minimum atomic E-state index is -0.829. The number of hydrogen-bond acceptors (Lipinski definition) is 1. The quantitative estimate of drug-likeness (QED) is 0.553. The largest absolute Gasteiger partial charge is 0.270 e.